The molecule has 0 saturated heterocycles. The van der Waals surface area contributed by atoms with E-state index in [9.17, 15) is 0 Å². The molecule has 0 aromatic heterocycles. The molecule has 0 amide bonds. The summed E-state index contributed by atoms with van der Waals surface area (Å²) < 4.78 is 0. The molecule has 1 unspecified atom stereocenters. The average molecular weight is 256 g/mol. The molecule has 56 valence electrons. The number of hydrogen-bond acceptors (Lipinski definition) is 0. The van der Waals surface area contributed by atoms with Crippen molar-refractivity contribution < 1.29 is 20.8 Å². The van der Waals surface area contributed by atoms with E-state index < -0.39 is 20.8 Å². The predicted molar refractivity (Wildman–Crippen MR) is 43.8 cm³/mol. The van der Waals surface area contributed by atoms with E-state index in [2.05, 4.69) is 32.1 Å². The van der Waals surface area contributed by atoms with E-state index in [4.69, 9.17) is 17.0 Å². The molecular weight excluding hydrogens is 246 g/mol. The van der Waals surface area contributed by atoms with Crippen LogP contribution in [0, 0.1) is 5.92 Å². The fourth-order valence-corrected chi connectivity index (χ4v) is 0.829. The van der Waals surface area contributed by atoms with Crippen LogP contribution in [-0.2, 0) is 20.8 Å². The number of halogens is 2. The Morgan fingerprint density at radius 3 is 2.10 bits per heavy atom. The van der Waals surface area contributed by atoms with Gasteiger partial charge in [0.15, 0.2) is 0 Å². The van der Waals surface area contributed by atoms with Gasteiger partial charge >= 0.3 is 37.9 Å². The van der Waals surface area contributed by atoms with Crippen LogP contribution in [0.5, 0.6) is 0 Å². The van der Waals surface area contributed by atoms with Crippen LogP contribution < -0.4 is 0 Å². The molecule has 0 aromatic rings. The predicted octanol–water partition coefficient (Wildman–Crippen LogP) is 3.52. The first-order chi connectivity index (χ1) is 4.70. The standard InChI is InChI=1S/C7H10.2ClH.Zr/c1-6-3-4-7(2)5-6;;;/h3-6H,1-2H3;2*1H;/q;;;+2/p-2. The Labute approximate surface area is 81.0 Å². The Morgan fingerprint density at radius 2 is 2.00 bits per heavy atom. The molecule has 0 aromatic carbocycles. The van der Waals surface area contributed by atoms with E-state index in [1.807, 2.05) is 0 Å². The van der Waals surface area contributed by atoms with Gasteiger partial charge in [0.1, 0.15) is 0 Å². The monoisotopic (exact) mass is 254 g/mol. The molecular formula is C7H10Cl2Zr. The summed E-state index contributed by atoms with van der Waals surface area (Å²) in [5.41, 5.74) is 1.40. The van der Waals surface area contributed by atoms with Gasteiger partial charge in [-0.1, -0.05) is 30.7 Å². The summed E-state index contributed by atoms with van der Waals surface area (Å²) in [7, 11) is 9.87. The van der Waals surface area contributed by atoms with Crippen molar-refractivity contribution in [2.75, 3.05) is 0 Å². The summed E-state index contributed by atoms with van der Waals surface area (Å²) in [4.78, 5) is 0. The van der Waals surface area contributed by atoms with Crippen LogP contribution in [0.4, 0.5) is 0 Å². The van der Waals surface area contributed by atoms with Gasteiger partial charge in [-0.3, -0.25) is 0 Å². The molecule has 1 atom stereocenters. The third-order valence-electron chi connectivity index (χ3n) is 1.19. The van der Waals surface area contributed by atoms with Crippen LogP contribution in [0.15, 0.2) is 23.8 Å². The van der Waals surface area contributed by atoms with Gasteiger partial charge in [-0.2, -0.15) is 0 Å². The summed E-state index contributed by atoms with van der Waals surface area (Å²) in [6.07, 6.45) is 6.61. The van der Waals surface area contributed by atoms with Gasteiger partial charge in [0, 0.05) is 0 Å². The first-order valence-electron chi connectivity index (χ1n) is 3.03. The molecule has 0 N–H and O–H groups in total. The van der Waals surface area contributed by atoms with Crippen molar-refractivity contribution in [1.29, 1.82) is 0 Å². The molecule has 0 spiro atoms. The van der Waals surface area contributed by atoms with Crippen LogP contribution in [0.3, 0.4) is 0 Å². The maximum absolute atomic E-state index is 4.93. The average Bonchev–Trinajstić information content (AvgIpc) is 2.17. The maximum atomic E-state index is 4.93. The van der Waals surface area contributed by atoms with Gasteiger partial charge in [0.2, 0.25) is 0 Å². The van der Waals surface area contributed by atoms with Crippen molar-refractivity contribution in [2.45, 2.75) is 13.8 Å². The zero-order chi connectivity index (χ0) is 7.98. The van der Waals surface area contributed by atoms with Crippen molar-refractivity contribution in [2.24, 2.45) is 5.92 Å². The number of allylic oxidation sites excluding steroid dienone is 4. The second-order valence-electron chi connectivity index (χ2n) is 2.20. The number of hydrogen-bond donors (Lipinski definition) is 0. The molecule has 3 heteroatoms. The van der Waals surface area contributed by atoms with Crippen molar-refractivity contribution in [3.05, 3.63) is 23.8 Å². The van der Waals surface area contributed by atoms with Crippen LogP contribution in [0.25, 0.3) is 0 Å². The summed E-state index contributed by atoms with van der Waals surface area (Å²) in [6.45, 7) is 4.31. The molecule has 1 aliphatic carbocycles. The zero-order valence-corrected chi connectivity index (χ0v) is 10.0. The second-order valence-corrected chi connectivity index (χ2v) is 5.93. The first kappa shape index (κ1) is 10.9. The number of rotatable bonds is 0. The Bertz CT molecular complexity index is 141. The fourth-order valence-electron chi connectivity index (χ4n) is 0.829. The Balaban J connectivity index is 0.000000236. The quantitative estimate of drug-likeness (QED) is 0.622. The Morgan fingerprint density at radius 1 is 1.50 bits per heavy atom. The van der Waals surface area contributed by atoms with Gasteiger partial charge in [0.05, 0.1) is 0 Å². The van der Waals surface area contributed by atoms with E-state index in [0.717, 1.165) is 0 Å². The van der Waals surface area contributed by atoms with Gasteiger partial charge in [-0.05, 0) is 12.8 Å². The summed E-state index contributed by atoms with van der Waals surface area (Å²) in [5.74, 6) is 0.681. The molecule has 1 aliphatic rings. The second kappa shape index (κ2) is 6.64. The molecule has 0 fully saturated rings. The van der Waals surface area contributed by atoms with Crippen molar-refractivity contribution in [3.63, 3.8) is 0 Å². The van der Waals surface area contributed by atoms with Crippen molar-refractivity contribution in [3.8, 4) is 0 Å². The van der Waals surface area contributed by atoms with E-state index in [-0.39, 0.29) is 0 Å². The third kappa shape index (κ3) is 5.71. The zero-order valence-electron chi connectivity index (χ0n) is 6.07. The molecule has 0 saturated carbocycles. The van der Waals surface area contributed by atoms with Crippen molar-refractivity contribution in [1.82, 2.24) is 0 Å². The van der Waals surface area contributed by atoms with Gasteiger partial charge in [0.25, 0.3) is 0 Å². The van der Waals surface area contributed by atoms with Gasteiger partial charge in [-0.15, -0.1) is 0 Å². The third-order valence-corrected chi connectivity index (χ3v) is 1.19. The van der Waals surface area contributed by atoms with Crippen LogP contribution in [0.2, 0.25) is 0 Å². The SMILES string of the molecule is CC1=CC(C)C=C1.[Cl][Zr][Cl]. The Kier molecular flexibility index (Phi) is 7.27. The van der Waals surface area contributed by atoms with E-state index in [1.165, 1.54) is 5.57 Å². The normalized spacial score (nSPS) is 21.2. The van der Waals surface area contributed by atoms with Crippen molar-refractivity contribution >= 4 is 17.0 Å². The van der Waals surface area contributed by atoms with Crippen LogP contribution in [-0.4, -0.2) is 0 Å². The van der Waals surface area contributed by atoms with Crippen LogP contribution >= 0.6 is 17.0 Å². The summed E-state index contributed by atoms with van der Waals surface area (Å²) in [5, 5.41) is 0. The molecule has 0 nitrogen and oxygen atoms in total. The first-order valence-corrected chi connectivity index (χ1v) is 9.36. The minimum absolute atomic E-state index is 0.681. The van der Waals surface area contributed by atoms with E-state index >= 15 is 0 Å². The molecule has 1 rings (SSSR count). The van der Waals surface area contributed by atoms with Gasteiger partial charge in [-0.25, -0.2) is 0 Å². The minimum atomic E-state index is -0.826. The molecule has 0 heterocycles. The molecule has 10 heavy (non-hydrogen) atoms. The summed E-state index contributed by atoms with van der Waals surface area (Å²) in [6, 6.07) is 0. The summed E-state index contributed by atoms with van der Waals surface area (Å²) >= 11 is -0.826. The molecule has 0 bridgehead atoms. The van der Waals surface area contributed by atoms with E-state index in [0.29, 0.717) is 5.92 Å². The fraction of sp³-hybridized carbons (Fsp3) is 0.429. The molecule has 0 aliphatic heterocycles. The molecule has 0 radical (unpaired) electrons. The van der Waals surface area contributed by atoms with E-state index in [1.54, 1.807) is 0 Å². The topological polar surface area (TPSA) is 0 Å². The van der Waals surface area contributed by atoms with Crippen LogP contribution in [0.1, 0.15) is 13.8 Å². The Hall–Kier alpha value is 0.943. The van der Waals surface area contributed by atoms with Gasteiger partial charge < -0.3 is 0 Å².